The van der Waals surface area contributed by atoms with Gasteiger partial charge in [0.1, 0.15) is 0 Å². The highest BCUT2D eigenvalue weighted by molar-refractivity contribution is 7.80. The second kappa shape index (κ2) is 8.30. The molecule has 0 saturated carbocycles. The molecular formula is C9H14N2S. The van der Waals surface area contributed by atoms with Gasteiger partial charge in [0, 0.05) is 12.4 Å². The van der Waals surface area contributed by atoms with E-state index in [-0.39, 0.29) is 0 Å². The lowest BCUT2D eigenvalue weighted by atomic mass is 10.2. The van der Waals surface area contributed by atoms with E-state index in [1.54, 1.807) is 0 Å². The van der Waals surface area contributed by atoms with Crippen LogP contribution in [0.25, 0.3) is 0 Å². The zero-order valence-corrected chi connectivity index (χ0v) is 7.85. The molecule has 0 amide bonds. The smallest absolute Gasteiger partial charge is 0.0390 e. The van der Waals surface area contributed by atoms with Crippen LogP contribution < -0.4 is 5.32 Å². The van der Waals surface area contributed by atoms with Gasteiger partial charge in [0.25, 0.3) is 0 Å². The summed E-state index contributed by atoms with van der Waals surface area (Å²) < 4.78 is 0. The van der Waals surface area contributed by atoms with Gasteiger partial charge in [0.05, 0.1) is 0 Å². The molecule has 0 unspecified atom stereocenters. The normalized spacial score (nSPS) is 8.42. The van der Waals surface area contributed by atoms with Crippen LogP contribution in [0.4, 0.5) is 0 Å². The summed E-state index contributed by atoms with van der Waals surface area (Å²) in [6.45, 7) is 3.41. The van der Waals surface area contributed by atoms with E-state index < -0.39 is 0 Å². The van der Waals surface area contributed by atoms with Gasteiger partial charge in [-0.1, -0.05) is 30.3 Å². The minimum atomic E-state index is 0.731. The van der Waals surface area contributed by atoms with Crippen molar-refractivity contribution in [3.63, 3.8) is 0 Å². The molecule has 2 N–H and O–H groups in total. The Bertz CT molecular complexity index is 189. The summed E-state index contributed by atoms with van der Waals surface area (Å²) in [6.07, 6.45) is 0. The molecule has 0 bridgehead atoms. The Hall–Kier alpha value is -0.800. The van der Waals surface area contributed by atoms with Crippen molar-refractivity contribution in [3.8, 4) is 0 Å². The van der Waals surface area contributed by atoms with Gasteiger partial charge in [-0.25, -0.2) is 0 Å². The molecule has 0 aliphatic heterocycles. The Labute approximate surface area is 78.9 Å². The fraction of sp³-hybridized carbons (Fsp3) is 0.222. The Morgan fingerprint density at radius 1 is 1.25 bits per heavy atom. The minimum Gasteiger partial charge on any atom is -0.317 e. The van der Waals surface area contributed by atoms with E-state index in [1.807, 2.05) is 18.2 Å². The molecule has 1 rings (SSSR count). The average molecular weight is 182 g/mol. The summed E-state index contributed by atoms with van der Waals surface area (Å²) in [5.74, 6) is 0.731. The first-order valence-electron chi connectivity index (χ1n) is 3.64. The summed E-state index contributed by atoms with van der Waals surface area (Å²) in [7, 11) is 0. The van der Waals surface area contributed by atoms with Crippen molar-refractivity contribution in [2.24, 2.45) is 0 Å². The van der Waals surface area contributed by atoms with Crippen LogP contribution in [0.15, 0.2) is 30.3 Å². The van der Waals surface area contributed by atoms with E-state index in [2.05, 4.69) is 36.8 Å². The van der Waals surface area contributed by atoms with E-state index in [0.29, 0.717) is 0 Å². The van der Waals surface area contributed by atoms with E-state index in [9.17, 15) is 0 Å². The van der Waals surface area contributed by atoms with Gasteiger partial charge in [-0.15, -0.1) is 0 Å². The molecule has 2 nitrogen and oxygen atoms in total. The fourth-order valence-electron chi connectivity index (χ4n) is 0.796. The summed E-state index contributed by atoms with van der Waals surface area (Å²) in [5, 5.41) is 8.63. The first-order valence-corrected chi connectivity index (χ1v) is 4.27. The molecule has 3 heteroatoms. The molecule has 0 spiro atoms. The fourth-order valence-corrected chi connectivity index (χ4v) is 0.908. The van der Waals surface area contributed by atoms with E-state index in [1.165, 1.54) is 5.56 Å². The van der Waals surface area contributed by atoms with E-state index >= 15 is 0 Å². The van der Waals surface area contributed by atoms with Gasteiger partial charge in [-0.05, 0) is 12.3 Å². The zero-order chi connectivity index (χ0) is 9.23. The molecule has 66 valence electrons. The van der Waals surface area contributed by atoms with Gasteiger partial charge in [0.2, 0.25) is 0 Å². The highest BCUT2D eigenvalue weighted by Crippen LogP contribution is 1.96. The first kappa shape index (κ1) is 11.2. The van der Waals surface area contributed by atoms with Crippen LogP contribution in [0.2, 0.25) is 0 Å². The average Bonchev–Trinajstić information content (AvgIpc) is 2.19. The summed E-state index contributed by atoms with van der Waals surface area (Å²) in [6, 6.07) is 10.3. The number of nitrogens with one attached hydrogen (secondary N) is 2. The van der Waals surface area contributed by atoms with Gasteiger partial charge < -0.3 is 10.7 Å². The van der Waals surface area contributed by atoms with Crippen LogP contribution >= 0.6 is 12.6 Å². The molecule has 0 aliphatic rings. The highest BCUT2D eigenvalue weighted by Gasteiger charge is 1.85. The predicted molar refractivity (Wildman–Crippen MR) is 57.0 cm³/mol. The molecular weight excluding hydrogens is 168 g/mol. The lowest BCUT2D eigenvalue weighted by molar-refractivity contribution is 0.799. The van der Waals surface area contributed by atoms with Crippen molar-refractivity contribution < 1.29 is 0 Å². The van der Waals surface area contributed by atoms with Crippen LogP contribution in [0.3, 0.4) is 0 Å². The van der Waals surface area contributed by atoms with Crippen LogP contribution in [-0.4, -0.2) is 12.6 Å². The van der Waals surface area contributed by atoms with Gasteiger partial charge in [0.15, 0.2) is 0 Å². The van der Waals surface area contributed by atoms with Gasteiger partial charge in [-0.2, -0.15) is 12.6 Å². The van der Waals surface area contributed by atoms with Crippen LogP contribution in [0, 0.1) is 5.41 Å². The quantitative estimate of drug-likeness (QED) is 0.373. The molecule has 0 aromatic heterocycles. The molecule has 0 heterocycles. The standard InChI is InChI=1S/C8H11NS.CH3N/c10-7-9-6-8-4-2-1-3-5-8;1-2/h1-5,9-10H,6-7H2;2H,1H2. The van der Waals surface area contributed by atoms with Gasteiger partial charge in [-0.3, -0.25) is 0 Å². The molecule has 1 aromatic rings. The van der Waals surface area contributed by atoms with E-state index in [0.717, 1.165) is 12.4 Å². The second-order valence-electron chi connectivity index (χ2n) is 2.07. The summed E-state index contributed by atoms with van der Waals surface area (Å²) in [4.78, 5) is 0. The van der Waals surface area contributed by atoms with Gasteiger partial charge >= 0.3 is 0 Å². The van der Waals surface area contributed by atoms with Crippen molar-refractivity contribution in [1.29, 1.82) is 5.41 Å². The number of hydrogen-bond acceptors (Lipinski definition) is 3. The maximum atomic E-state index is 5.50. The highest BCUT2D eigenvalue weighted by atomic mass is 32.1. The largest absolute Gasteiger partial charge is 0.317 e. The predicted octanol–water partition coefficient (Wildman–Crippen LogP) is 1.93. The van der Waals surface area contributed by atoms with Crippen LogP contribution in [0.1, 0.15) is 5.56 Å². The lowest BCUT2D eigenvalue weighted by Gasteiger charge is -1.98. The number of benzene rings is 1. The van der Waals surface area contributed by atoms with Crippen LogP contribution in [0.5, 0.6) is 0 Å². The Morgan fingerprint density at radius 2 is 1.83 bits per heavy atom. The molecule has 0 fully saturated rings. The van der Waals surface area contributed by atoms with Crippen molar-refractivity contribution in [3.05, 3.63) is 35.9 Å². The third-order valence-corrected chi connectivity index (χ3v) is 1.51. The number of rotatable bonds is 3. The first-order chi connectivity index (χ1) is 5.93. The summed E-state index contributed by atoms with van der Waals surface area (Å²) in [5.41, 5.74) is 1.30. The molecule has 1 aromatic carbocycles. The van der Waals surface area contributed by atoms with Crippen molar-refractivity contribution in [2.45, 2.75) is 6.54 Å². The Kier molecular flexibility index (Phi) is 7.74. The number of hydrogen-bond donors (Lipinski definition) is 3. The Balaban J connectivity index is 0.000000561. The van der Waals surface area contributed by atoms with Crippen molar-refractivity contribution >= 4 is 19.3 Å². The number of thiol groups is 1. The van der Waals surface area contributed by atoms with Crippen LogP contribution in [-0.2, 0) is 6.54 Å². The van der Waals surface area contributed by atoms with Crippen molar-refractivity contribution in [1.82, 2.24) is 5.32 Å². The molecule has 0 aliphatic carbocycles. The zero-order valence-electron chi connectivity index (χ0n) is 6.96. The molecule has 0 radical (unpaired) electrons. The molecule has 12 heavy (non-hydrogen) atoms. The summed E-state index contributed by atoms with van der Waals surface area (Å²) >= 11 is 4.04. The molecule has 0 saturated heterocycles. The minimum absolute atomic E-state index is 0.731. The lowest BCUT2D eigenvalue weighted by Crippen LogP contribution is -2.09. The maximum absolute atomic E-state index is 5.50. The molecule has 0 atom stereocenters. The Morgan fingerprint density at radius 3 is 2.33 bits per heavy atom. The SMILES string of the molecule is C=N.SCNCc1ccccc1. The third kappa shape index (κ3) is 4.93. The third-order valence-electron chi connectivity index (χ3n) is 1.28. The van der Waals surface area contributed by atoms with E-state index in [4.69, 9.17) is 5.41 Å². The second-order valence-corrected chi connectivity index (χ2v) is 2.39. The van der Waals surface area contributed by atoms with Crippen molar-refractivity contribution in [2.75, 3.05) is 5.88 Å². The topological polar surface area (TPSA) is 35.9 Å². The monoisotopic (exact) mass is 182 g/mol. The maximum Gasteiger partial charge on any atom is 0.0390 e.